The number of sulfonamides is 1. The van der Waals surface area contributed by atoms with Crippen LogP contribution in [0.15, 0.2) is 53.4 Å². The molecule has 0 unspecified atom stereocenters. The van der Waals surface area contributed by atoms with E-state index in [0.29, 0.717) is 11.4 Å². The molecule has 26 heavy (non-hydrogen) atoms. The normalized spacial score (nSPS) is 11.5. The van der Waals surface area contributed by atoms with Crippen LogP contribution >= 0.6 is 11.8 Å². The molecule has 5 nitrogen and oxygen atoms in total. The topological polar surface area (TPSA) is 75.3 Å². The summed E-state index contributed by atoms with van der Waals surface area (Å²) in [4.78, 5) is 12.2. The zero-order chi connectivity index (χ0) is 19.2. The van der Waals surface area contributed by atoms with Gasteiger partial charge in [-0.25, -0.2) is 13.1 Å². The lowest BCUT2D eigenvalue weighted by atomic mass is 10.2. The maximum Gasteiger partial charge on any atom is 0.240 e. The lowest BCUT2D eigenvalue weighted by Gasteiger charge is -2.10. The van der Waals surface area contributed by atoms with E-state index in [2.05, 4.69) is 34.3 Å². The van der Waals surface area contributed by atoms with Gasteiger partial charge in [-0.15, -0.1) is 11.8 Å². The van der Waals surface area contributed by atoms with E-state index < -0.39 is 10.0 Å². The van der Waals surface area contributed by atoms with Crippen molar-refractivity contribution in [1.29, 1.82) is 0 Å². The molecule has 0 radical (unpaired) electrons. The highest BCUT2D eigenvalue weighted by atomic mass is 32.2. The fraction of sp³-hybridized carbons (Fsp3) is 0.316. The first kappa shape index (κ1) is 20.5. The zero-order valence-corrected chi connectivity index (χ0v) is 16.8. The Morgan fingerprint density at radius 1 is 1.04 bits per heavy atom. The van der Waals surface area contributed by atoms with E-state index in [4.69, 9.17) is 0 Å². The van der Waals surface area contributed by atoms with Gasteiger partial charge < -0.3 is 5.32 Å². The van der Waals surface area contributed by atoms with Gasteiger partial charge in [0.2, 0.25) is 15.9 Å². The molecule has 0 atom stereocenters. The Kier molecular flexibility index (Phi) is 7.25. The van der Waals surface area contributed by atoms with Crippen molar-refractivity contribution in [3.8, 4) is 0 Å². The number of carbonyl (C=O) groups excluding carboxylic acids is 1. The molecule has 0 aliphatic heterocycles. The lowest BCUT2D eigenvalue weighted by Crippen LogP contribution is -2.30. The van der Waals surface area contributed by atoms with Crippen molar-refractivity contribution in [1.82, 2.24) is 4.72 Å². The van der Waals surface area contributed by atoms with Crippen LogP contribution in [-0.2, 0) is 20.6 Å². The van der Waals surface area contributed by atoms with Gasteiger partial charge in [0.1, 0.15) is 0 Å². The molecule has 0 bridgehead atoms. The number of thioether (sulfide) groups is 1. The Labute approximate surface area is 159 Å². The fourth-order valence-electron chi connectivity index (χ4n) is 2.24. The summed E-state index contributed by atoms with van der Waals surface area (Å²) in [7, 11) is -3.52. The number of amides is 1. The lowest BCUT2D eigenvalue weighted by molar-refractivity contribution is -0.113. The SMILES string of the molecule is Cc1ccc(CSCC(=O)Nc2ccc(S(=O)(=O)NC(C)C)cc2)cc1. The summed E-state index contributed by atoms with van der Waals surface area (Å²) in [6, 6.07) is 14.2. The van der Waals surface area contributed by atoms with Crippen molar-refractivity contribution in [3.63, 3.8) is 0 Å². The molecule has 0 fully saturated rings. The summed E-state index contributed by atoms with van der Waals surface area (Å²) < 4.78 is 26.7. The fourth-order valence-corrected chi connectivity index (χ4v) is 4.28. The summed E-state index contributed by atoms with van der Waals surface area (Å²) in [6.45, 7) is 5.57. The van der Waals surface area contributed by atoms with E-state index in [-0.39, 0.29) is 16.8 Å². The first-order valence-corrected chi connectivity index (χ1v) is 11.0. The van der Waals surface area contributed by atoms with Crippen LogP contribution in [-0.4, -0.2) is 26.1 Å². The van der Waals surface area contributed by atoms with Crippen LogP contribution < -0.4 is 10.0 Å². The van der Waals surface area contributed by atoms with Crippen LogP contribution in [0.4, 0.5) is 5.69 Å². The maximum atomic E-state index is 12.1. The highest BCUT2D eigenvalue weighted by Crippen LogP contribution is 2.16. The summed E-state index contributed by atoms with van der Waals surface area (Å²) in [5.41, 5.74) is 2.97. The molecule has 140 valence electrons. The summed E-state index contributed by atoms with van der Waals surface area (Å²) >= 11 is 1.54. The molecule has 0 aliphatic carbocycles. The molecule has 1 amide bonds. The van der Waals surface area contributed by atoms with Crippen LogP contribution in [0.1, 0.15) is 25.0 Å². The van der Waals surface area contributed by atoms with E-state index in [1.54, 1.807) is 26.0 Å². The van der Waals surface area contributed by atoms with E-state index in [0.717, 1.165) is 5.75 Å². The Bertz CT molecular complexity index is 830. The molecule has 0 spiro atoms. The second-order valence-corrected chi connectivity index (χ2v) is 9.03. The predicted octanol–water partition coefficient (Wildman–Crippen LogP) is 3.55. The molecule has 0 aromatic heterocycles. The number of rotatable bonds is 8. The maximum absolute atomic E-state index is 12.1. The largest absolute Gasteiger partial charge is 0.325 e. The van der Waals surface area contributed by atoms with E-state index in [1.807, 2.05) is 6.92 Å². The summed E-state index contributed by atoms with van der Waals surface area (Å²) in [5.74, 6) is 0.993. The number of carbonyl (C=O) groups is 1. The van der Waals surface area contributed by atoms with Crippen LogP contribution in [0.25, 0.3) is 0 Å². The third-order valence-electron chi connectivity index (χ3n) is 3.46. The molecular formula is C19H24N2O3S2. The van der Waals surface area contributed by atoms with Gasteiger partial charge in [0, 0.05) is 17.5 Å². The number of anilines is 1. The quantitative estimate of drug-likeness (QED) is 0.720. The van der Waals surface area contributed by atoms with Gasteiger partial charge in [0.15, 0.2) is 0 Å². The van der Waals surface area contributed by atoms with Crippen molar-refractivity contribution in [2.24, 2.45) is 0 Å². The van der Waals surface area contributed by atoms with E-state index >= 15 is 0 Å². The van der Waals surface area contributed by atoms with Crippen molar-refractivity contribution in [2.75, 3.05) is 11.1 Å². The summed E-state index contributed by atoms with van der Waals surface area (Å²) in [5, 5.41) is 2.78. The van der Waals surface area contributed by atoms with Gasteiger partial charge in [0.05, 0.1) is 10.6 Å². The van der Waals surface area contributed by atoms with Crippen molar-refractivity contribution >= 4 is 33.4 Å². The Morgan fingerprint density at radius 2 is 1.65 bits per heavy atom. The molecule has 2 rings (SSSR count). The minimum Gasteiger partial charge on any atom is -0.325 e. The first-order chi connectivity index (χ1) is 12.3. The smallest absolute Gasteiger partial charge is 0.240 e. The van der Waals surface area contributed by atoms with Gasteiger partial charge >= 0.3 is 0 Å². The number of hydrogen-bond acceptors (Lipinski definition) is 4. The van der Waals surface area contributed by atoms with Crippen LogP contribution in [0.2, 0.25) is 0 Å². The zero-order valence-electron chi connectivity index (χ0n) is 15.2. The van der Waals surface area contributed by atoms with Crippen LogP contribution in [0.3, 0.4) is 0 Å². The van der Waals surface area contributed by atoms with Gasteiger partial charge in [-0.05, 0) is 50.6 Å². The Balaban J connectivity index is 1.84. The highest BCUT2D eigenvalue weighted by molar-refractivity contribution is 7.99. The molecule has 0 saturated carbocycles. The number of benzene rings is 2. The number of aryl methyl sites for hydroxylation is 1. The second kappa shape index (κ2) is 9.21. The van der Waals surface area contributed by atoms with Gasteiger partial charge in [-0.2, -0.15) is 0 Å². The third-order valence-corrected chi connectivity index (χ3v) is 6.14. The minimum atomic E-state index is -3.52. The van der Waals surface area contributed by atoms with Crippen molar-refractivity contribution in [3.05, 3.63) is 59.7 Å². The van der Waals surface area contributed by atoms with Gasteiger partial charge in [-0.3, -0.25) is 4.79 Å². The van der Waals surface area contributed by atoms with Gasteiger partial charge in [-0.1, -0.05) is 29.8 Å². The van der Waals surface area contributed by atoms with Crippen LogP contribution in [0.5, 0.6) is 0 Å². The predicted molar refractivity (Wildman–Crippen MR) is 108 cm³/mol. The second-order valence-electron chi connectivity index (χ2n) is 6.33. The molecule has 0 saturated heterocycles. The monoisotopic (exact) mass is 392 g/mol. The minimum absolute atomic E-state index is 0.113. The molecule has 7 heteroatoms. The summed E-state index contributed by atoms with van der Waals surface area (Å²) in [6.07, 6.45) is 0. The molecule has 0 aliphatic rings. The van der Waals surface area contributed by atoms with E-state index in [1.165, 1.54) is 35.0 Å². The van der Waals surface area contributed by atoms with E-state index in [9.17, 15) is 13.2 Å². The average molecular weight is 393 g/mol. The molecule has 2 N–H and O–H groups in total. The molecule has 0 heterocycles. The molecule has 2 aromatic carbocycles. The average Bonchev–Trinajstić information content (AvgIpc) is 2.56. The van der Waals surface area contributed by atoms with Crippen molar-refractivity contribution < 1.29 is 13.2 Å². The Morgan fingerprint density at radius 3 is 2.23 bits per heavy atom. The number of hydrogen-bond donors (Lipinski definition) is 2. The van der Waals surface area contributed by atoms with Crippen molar-refractivity contribution in [2.45, 2.75) is 37.5 Å². The standard InChI is InChI=1S/C19H24N2O3S2/c1-14(2)21-26(23,24)18-10-8-17(9-11-18)20-19(22)13-25-12-16-6-4-15(3)5-7-16/h4-11,14,21H,12-13H2,1-3H3,(H,20,22). The molecular weight excluding hydrogens is 368 g/mol. The molecule has 2 aromatic rings. The number of nitrogens with one attached hydrogen (secondary N) is 2. The first-order valence-electron chi connectivity index (χ1n) is 8.32. The van der Waals surface area contributed by atoms with Gasteiger partial charge in [0.25, 0.3) is 0 Å². The third kappa shape index (κ3) is 6.48. The highest BCUT2D eigenvalue weighted by Gasteiger charge is 2.15. The van der Waals surface area contributed by atoms with Crippen LogP contribution in [0, 0.1) is 6.92 Å². The Hall–Kier alpha value is -1.83.